The summed E-state index contributed by atoms with van der Waals surface area (Å²) in [5, 5.41) is 0. The summed E-state index contributed by atoms with van der Waals surface area (Å²) in [6, 6.07) is 2.61. The van der Waals surface area contributed by atoms with E-state index in [1.165, 1.54) is 19.2 Å². The van der Waals surface area contributed by atoms with Gasteiger partial charge >= 0.3 is 5.97 Å². The third-order valence-corrected chi connectivity index (χ3v) is 2.42. The quantitative estimate of drug-likeness (QED) is 0.630. The topological polar surface area (TPSA) is 39.2 Å². The van der Waals surface area contributed by atoms with Crippen molar-refractivity contribution in [3.05, 3.63) is 28.0 Å². The molecule has 15 heavy (non-hydrogen) atoms. The van der Waals surface area contributed by atoms with Crippen molar-refractivity contribution in [2.75, 3.05) is 7.11 Å². The summed E-state index contributed by atoms with van der Waals surface area (Å²) in [5.41, 5.74) is 0.196. The predicted molar refractivity (Wildman–Crippen MR) is 52.6 cm³/mol. The maximum Gasteiger partial charge on any atom is 0.310 e. The van der Waals surface area contributed by atoms with Crippen LogP contribution in [-0.4, -0.2) is 18.1 Å². The second-order valence-corrected chi connectivity index (χ2v) is 3.49. The third kappa shape index (κ3) is 3.23. The highest BCUT2D eigenvalue weighted by molar-refractivity contribution is 9.10. The van der Waals surface area contributed by atoms with E-state index in [1.54, 1.807) is 0 Å². The highest BCUT2D eigenvalue weighted by Crippen LogP contribution is 2.21. The van der Waals surface area contributed by atoms with Gasteiger partial charge in [-0.05, 0) is 27.6 Å². The van der Waals surface area contributed by atoms with E-state index in [1.807, 2.05) is 0 Å². The lowest BCUT2D eigenvalue weighted by atomic mass is 10.2. The third-order valence-electron chi connectivity index (χ3n) is 1.73. The monoisotopic (exact) mass is 279 g/mol. The number of carbonyl (C=O) groups excluding carboxylic acids is 1. The number of pyridine rings is 1. The highest BCUT2D eigenvalue weighted by Gasteiger charge is 2.13. The van der Waals surface area contributed by atoms with Crippen molar-refractivity contribution in [3.8, 4) is 0 Å². The number of ether oxygens (including phenoxy) is 1. The van der Waals surface area contributed by atoms with Crippen LogP contribution in [0.15, 0.2) is 16.7 Å². The molecule has 0 aliphatic carbocycles. The van der Waals surface area contributed by atoms with Gasteiger partial charge in [-0.25, -0.2) is 13.8 Å². The zero-order chi connectivity index (χ0) is 11.4. The largest absolute Gasteiger partial charge is 0.469 e. The summed E-state index contributed by atoms with van der Waals surface area (Å²) in [4.78, 5) is 14.6. The number of carbonyl (C=O) groups is 1. The van der Waals surface area contributed by atoms with Gasteiger partial charge in [0.15, 0.2) is 0 Å². The van der Waals surface area contributed by atoms with Gasteiger partial charge in [0.25, 0.3) is 6.43 Å². The minimum Gasteiger partial charge on any atom is -0.469 e. The summed E-state index contributed by atoms with van der Waals surface area (Å²) in [6.45, 7) is 0. The van der Waals surface area contributed by atoms with E-state index in [0.717, 1.165) is 0 Å². The molecule has 0 unspecified atom stereocenters. The molecule has 0 saturated carbocycles. The number of nitrogens with zero attached hydrogens (tertiary/aromatic N) is 1. The normalized spacial score (nSPS) is 10.5. The van der Waals surface area contributed by atoms with Crippen LogP contribution in [0, 0.1) is 0 Å². The zero-order valence-corrected chi connectivity index (χ0v) is 9.42. The van der Waals surface area contributed by atoms with Gasteiger partial charge in [-0.3, -0.25) is 4.79 Å². The summed E-state index contributed by atoms with van der Waals surface area (Å²) in [6.07, 6.45) is -2.61. The van der Waals surface area contributed by atoms with Gasteiger partial charge in [-0.1, -0.05) is 6.07 Å². The molecule has 0 aromatic carbocycles. The van der Waals surface area contributed by atoms with Crippen LogP contribution in [0.3, 0.4) is 0 Å². The van der Waals surface area contributed by atoms with E-state index in [-0.39, 0.29) is 16.7 Å². The van der Waals surface area contributed by atoms with Crippen molar-refractivity contribution in [1.29, 1.82) is 0 Å². The van der Waals surface area contributed by atoms with Gasteiger partial charge in [-0.2, -0.15) is 0 Å². The van der Waals surface area contributed by atoms with Crippen LogP contribution in [0.25, 0.3) is 0 Å². The average molecular weight is 280 g/mol. The average Bonchev–Trinajstić information content (AvgIpc) is 2.20. The van der Waals surface area contributed by atoms with Crippen molar-refractivity contribution in [2.45, 2.75) is 12.8 Å². The minimum atomic E-state index is -2.62. The SMILES string of the molecule is COC(=O)Cc1ccc(C(F)F)nc1Br. The second-order valence-electron chi connectivity index (χ2n) is 2.74. The molecule has 1 aromatic rings. The Kier molecular flexibility index (Phi) is 4.14. The fourth-order valence-corrected chi connectivity index (χ4v) is 1.44. The number of alkyl halides is 2. The molecular formula is C9H8BrF2NO2. The Labute approximate surface area is 93.6 Å². The van der Waals surface area contributed by atoms with Gasteiger partial charge < -0.3 is 4.74 Å². The Morgan fingerprint density at radius 1 is 1.60 bits per heavy atom. The molecule has 0 bridgehead atoms. The molecule has 3 nitrogen and oxygen atoms in total. The minimum absolute atomic E-state index is 0.00754. The van der Waals surface area contributed by atoms with Crippen molar-refractivity contribution in [3.63, 3.8) is 0 Å². The zero-order valence-electron chi connectivity index (χ0n) is 7.84. The molecule has 0 atom stereocenters. The van der Waals surface area contributed by atoms with E-state index in [2.05, 4.69) is 25.7 Å². The molecule has 1 aromatic heterocycles. The Hall–Kier alpha value is -1.04. The predicted octanol–water partition coefficient (Wildman–Crippen LogP) is 2.50. The van der Waals surface area contributed by atoms with E-state index in [4.69, 9.17) is 0 Å². The van der Waals surface area contributed by atoms with Gasteiger partial charge in [0, 0.05) is 0 Å². The first-order valence-corrected chi connectivity index (χ1v) is 4.84. The summed E-state index contributed by atoms with van der Waals surface area (Å²) in [5.74, 6) is -0.442. The lowest BCUT2D eigenvalue weighted by Crippen LogP contribution is -2.06. The van der Waals surface area contributed by atoms with Gasteiger partial charge in [-0.15, -0.1) is 0 Å². The van der Waals surface area contributed by atoms with Crippen LogP contribution in [0.5, 0.6) is 0 Å². The number of hydrogen-bond acceptors (Lipinski definition) is 3. The van der Waals surface area contributed by atoms with Crippen LogP contribution >= 0.6 is 15.9 Å². The fourth-order valence-electron chi connectivity index (χ4n) is 0.958. The van der Waals surface area contributed by atoms with Crippen LogP contribution in [0.2, 0.25) is 0 Å². The van der Waals surface area contributed by atoms with E-state index < -0.39 is 12.4 Å². The van der Waals surface area contributed by atoms with Gasteiger partial charge in [0.05, 0.1) is 13.5 Å². The van der Waals surface area contributed by atoms with Crippen molar-refractivity contribution in [2.24, 2.45) is 0 Å². The molecule has 1 rings (SSSR count). The van der Waals surface area contributed by atoms with Crippen LogP contribution < -0.4 is 0 Å². The fraction of sp³-hybridized carbons (Fsp3) is 0.333. The highest BCUT2D eigenvalue weighted by atomic mass is 79.9. The van der Waals surface area contributed by atoms with Crippen LogP contribution in [-0.2, 0) is 16.0 Å². The van der Waals surface area contributed by atoms with Gasteiger partial charge in [0.1, 0.15) is 10.3 Å². The first kappa shape index (κ1) is 12.0. The lowest BCUT2D eigenvalue weighted by molar-refractivity contribution is -0.139. The van der Waals surface area contributed by atoms with E-state index in [0.29, 0.717) is 5.56 Å². The molecule has 0 aliphatic rings. The molecule has 82 valence electrons. The summed E-state index contributed by atoms with van der Waals surface area (Å²) in [7, 11) is 1.26. The first-order chi connectivity index (χ1) is 7.04. The summed E-state index contributed by atoms with van der Waals surface area (Å²) < 4.78 is 29.2. The van der Waals surface area contributed by atoms with Crippen molar-refractivity contribution >= 4 is 21.9 Å². The Morgan fingerprint density at radius 2 is 2.27 bits per heavy atom. The lowest BCUT2D eigenvalue weighted by Gasteiger charge is -2.04. The van der Waals surface area contributed by atoms with E-state index in [9.17, 15) is 13.6 Å². The number of methoxy groups -OCH3 is 1. The first-order valence-electron chi connectivity index (χ1n) is 4.05. The van der Waals surface area contributed by atoms with Crippen molar-refractivity contribution in [1.82, 2.24) is 4.98 Å². The maximum atomic E-state index is 12.2. The molecule has 0 saturated heterocycles. The molecule has 0 fully saturated rings. The number of aromatic nitrogens is 1. The Morgan fingerprint density at radius 3 is 2.73 bits per heavy atom. The molecule has 0 N–H and O–H groups in total. The van der Waals surface area contributed by atoms with E-state index >= 15 is 0 Å². The smallest absolute Gasteiger partial charge is 0.310 e. The number of hydrogen-bond donors (Lipinski definition) is 0. The summed E-state index contributed by atoms with van der Waals surface area (Å²) >= 11 is 3.02. The molecule has 6 heteroatoms. The maximum absolute atomic E-state index is 12.2. The molecule has 0 spiro atoms. The van der Waals surface area contributed by atoms with Crippen LogP contribution in [0.4, 0.5) is 8.78 Å². The molecule has 0 aliphatic heterocycles. The second kappa shape index (κ2) is 5.16. The molecular weight excluding hydrogens is 272 g/mol. The number of halogens is 3. The Bertz CT molecular complexity index is 371. The Balaban J connectivity index is 2.88. The van der Waals surface area contributed by atoms with Crippen molar-refractivity contribution < 1.29 is 18.3 Å². The molecule has 0 radical (unpaired) electrons. The van der Waals surface area contributed by atoms with Gasteiger partial charge in [0.2, 0.25) is 0 Å². The molecule has 0 amide bonds. The number of rotatable bonds is 3. The number of esters is 1. The van der Waals surface area contributed by atoms with Crippen LogP contribution in [0.1, 0.15) is 17.7 Å². The standard InChI is InChI=1S/C9H8BrF2NO2/c1-15-7(14)4-5-2-3-6(9(11)12)13-8(5)10/h2-3,9H,4H2,1H3. The molecule has 1 heterocycles.